The van der Waals surface area contributed by atoms with Crippen molar-refractivity contribution in [2.45, 2.75) is 80.1 Å². The summed E-state index contributed by atoms with van der Waals surface area (Å²) in [4.78, 5) is 11.6. The zero-order valence-electron chi connectivity index (χ0n) is 14.0. The van der Waals surface area contributed by atoms with Crippen molar-refractivity contribution in [1.29, 1.82) is 0 Å². The molecule has 0 aliphatic rings. The molecule has 114 valence electrons. The minimum Gasteiger partial charge on any atom is -0.380 e. The van der Waals surface area contributed by atoms with Crippen molar-refractivity contribution >= 4 is 5.78 Å². The van der Waals surface area contributed by atoms with Gasteiger partial charge in [-0.1, -0.05) is 54.4 Å². The Morgan fingerprint density at radius 2 is 1.47 bits per heavy atom. The molecule has 2 nitrogen and oxygen atoms in total. The fraction of sp³-hybridized carbons (Fsp3) is 0.941. The van der Waals surface area contributed by atoms with Gasteiger partial charge in [-0.05, 0) is 23.7 Å². The first-order chi connectivity index (χ1) is 8.60. The van der Waals surface area contributed by atoms with Crippen LogP contribution in [0.5, 0.6) is 0 Å². The quantitative estimate of drug-likeness (QED) is 0.551. The Labute approximate surface area is 120 Å². The summed E-state index contributed by atoms with van der Waals surface area (Å²) in [5.41, 5.74) is 0.612. The molecule has 0 aliphatic heterocycles. The van der Waals surface area contributed by atoms with E-state index in [0.29, 0.717) is 24.2 Å². The van der Waals surface area contributed by atoms with E-state index in [4.69, 9.17) is 4.74 Å². The summed E-state index contributed by atoms with van der Waals surface area (Å²) < 4.78 is 5.52. The lowest BCUT2D eigenvalue weighted by molar-refractivity contribution is -0.120. The van der Waals surface area contributed by atoms with Gasteiger partial charge in [0.05, 0.1) is 13.2 Å². The van der Waals surface area contributed by atoms with Gasteiger partial charge >= 0.3 is 0 Å². The monoisotopic (exact) mass is 270 g/mol. The number of carbonyl (C=O) groups excluding carboxylic acids is 1. The van der Waals surface area contributed by atoms with Crippen molar-refractivity contribution in [1.82, 2.24) is 0 Å². The van der Waals surface area contributed by atoms with Crippen LogP contribution in [0.2, 0.25) is 0 Å². The predicted octanol–water partition coefficient (Wildman–Crippen LogP) is 5.00. The number of hydrogen-bond acceptors (Lipinski definition) is 2. The maximum atomic E-state index is 11.6. The van der Waals surface area contributed by atoms with Gasteiger partial charge in [0, 0.05) is 12.8 Å². The lowest BCUT2D eigenvalue weighted by atomic mass is 9.89. The molecule has 0 radical (unpaired) electrons. The fourth-order valence-corrected chi connectivity index (χ4v) is 1.84. The second-order valence-corrected chi connectivity index (χ2v) is 8.02. The van der Waals surface area contributed by atoms with Gasteiger partial charge in [0.2, 0.25) is 0 Å². The second kappa shape index (κ2) is 8.73. The van der Waals surface area contributed by atoms with Gasteiger partial charge in [0.1, 0.15) is 5.78 Å². The molecule has 0 unspecified atom stereocenters. The van der Waals surface area contributed by atoms with Crippen LogP contribution in [0.15, 0.2) is 0 Å². The van der Waals surface area contributed by atoms with Crippen LogP contribution in [0.4, 0.5) is 0 Å². The summed E-state index contributed by atoms with van der Waals surface area (Å²) in [7, 11) is 0. The highest BCUT2D eigenvalue weighted by molar-refractivity contribution is 5.78. The molecule has 0 bridgehead atoms. The molecule has 0 aromatic rings. The molecule has 0 aliphatic carbocycles. The Morgan fingerprint density at radius 1 is 0.842 bits per heavy atom. The minimum atomic E-state index is 0.190. The molecule has 19 heavy (non-hydrogen) atoms. The number of ketones is 1. The Kier molecular flexibility index (Phi) is 8.56. The Balaban J connectivity index is 3.41. The van der Waals surface area contributed by atoms with Crippen molar-refractivity contribution in [2.75, 3.05) is 13.2 Å². The molecular weight excluding hydrogens is 236 g/mol. The van der Waals surface area contributed by atoms with Crippen LogP contribution >= 0.6 is 0 Å². The number of rotatable bonds is 9. The number of hydrogen-bond donors (Lipinski definition) is 0. The normalized spacial score (nSPS) is 12.7. The molecule has 0 atom stereocenters. The number of Topliss-reactive ketones (excluding diaryl/α,β-unsaturated/α-hetero) is 1. The maximum absolute atomic E-state index is 11.6. The van der Waals surface area contributed by atoms with E-state index in [1.807, 2.05) is 0 Å². The first-order valence-electron chi connectivity index (χ1n) is 7.70. The molecule has 0 heterocycles. The largest absolute Gasteiger partial charge is 0.380 e. The van der Waals surface area contributed by atoms with E-state index >= 15 is 0 Å². The standard InChI is InChI=1S/C17H34O2/c1-16(2,3)12-9-7-8-10-15(18)11-13-19-14-17(4,5)6/h7-14H2,1-6H3. The molecule has 0 amide bonds. The van der Waals surface area contributed by atoms with E-state index in [-0.39, 0.29) is 5.41 Å². The first-order valence-corrected chi connectivity index (χ1v) is 7.70. The van der Waals surface area contributed by atoms with E-state index in [2.05, 4.69) is 41.5 Å². The number of carbonyl (C=O) groups is 1. The third kappa shape index (κ3) is 15.6. The summed E-state index contributed by atoms with van der Waals surface area (Å²) in [6, 6.07) is 0. The summed E-state index contributed by atoms with van der Waals surface area (Å²) in [5.74, 6) is 0.352. The van der Waals surface area contributed by atoms with E-state index in [9.17, 15) is 4.79 Å². The van der Waals surface area contributed by atoms with E-state index < -0.39 is 0 Å². The summed E-state index contributed by atoms with van der Waals surface area (Å²) in [6.07, 6.45) is 5.99. The molecule has 2 heteroatoms. The van der Waals surface area contributed by atoms with Crippen molar-refractivity contribution in [2.24, 2.45) is 10.8 Å². The molecule has 0 spiro atoms. The third-order valence-corrected chi connectivity index (χ3v) is 2.94. The first kappa shape index (κ1) is 18.6. The molecule has 0 saturated heterocycles. The smallest absolute Gasteiger partial charge is 0.135 e. The summed E-state index contributed by atoms with van der Waals surface area (Å²) in [5, 5.41) is 0. The van der Waals surface area contributed by atoms with Crippen LogP contribution in [-0.2, 0) is 9.53 Å². The van der Waals surface area contributed by atoms with Gasteiger partial charge in [-0.2, -0.15) is 0 Å². The Hall–Kier alpha value is -0.370. The summed E-state index contributed by atoms with van der Waals surface area (Å²) in [6.45, 7) is 14.5. The van der Waals surface area contributed by atoms with Crippen molar-refractivity contribution < 1.29 is 9.53 Å². The highest BCUT2D eigenvalue weighted by Gasteiger charge is 2.11. The fourth-order valence-electron chi connectivity index (χ4n) is 1.84. The third-order valence-electron chi connectivity index (χ3n) is 2.94. The van der Waals surface area contributed by atoms with Crippen LogP contribution in [0.3, 0.4) is 0 Å². The van der Waals surface area contributed by atoms with Gasteiger partial charge < -0.3 is 4.74 Å². The van der Waals surface area contributed by atoms with Crippen LogP contribution in [0.25, 0.3) is 0 Å². The topological polar surface area (TPSA) is 26.3 Å². The number of ether oxygens (including phenoxy) is 1. The zero-order valence-corrected chi connectivity index (χ0v) is 14.0. The van der Waals surface area contributed by atoms with Crippen molar-refractivity contribution in [3.63, 3.8) is 0 Å². The van der Waals surface area contributed by atoms with Crippen LogP contribution < -0.4 is 0 Å². The predicted molar refractivity (Wildman–Crippen MR) is 82.4 cm³/mol. The minimum absolute atomic E-state index is 0.190. The van der Waals surface area contributed by atoms with Gasteiger partial charge in [-0.15, -0.1) is 0 Å². The maximum Gasteiger partial charge on any atom is 0.135 e. The molecule has 0 fully saturated rings. The molecule has 0 saturated carbocycles. The van der Waals surface area contributed by atoms with Gasteiger partial charge in [0.15, 0.2) is 0 Å². The molecule has 0 rings (SSSR count). The Bertz CT molecular complexity index is 243. The molecule has 0 aromatic carbocycles. The van der Waals surface area contributed by atoms with Crippen LogP contribution in [0, 0.1) is 10.8 Å². The van der Waals surface area contributed by atoms with Gasteiger partial charge in [-0.3, -0.25) is 4.79 Å². The molecule has 0 aromatic heterocycles. The molecule has 0 N–H and O–H groups in total. The lowest BCUT2D eigenvalue weighted by Crippen LogP contribution is -2.16. The number of unbranched alkanes of at least 4 members (excludes halogenated alkanes) is 2. The second-order valence-electron chi connectivity index (χ2n) is 8.02. The van der Waals surface area contributed by atoms with Crippen LogP contribution in [0.1, 0.15) is 80.1 Å². The van der Waals surface area contributed by atoms with E-state index in [1.54, 1.807) is 0 Å². The SMILES string of the molecule is CC(C)(C)CCCCCC(=O)CCOCC(C)(C)C. The van der Waals surface area contributed by atoms with E-state index in [1.165, 1.54) is 19.3 Å². The van der Waals surface area contributed by atoms with Crippen LogP contribution in [-0.4, -0.2) is 19.0 Å². The average Bonchev–Trinajstić information content (AvgIpc) is 2.21. The lowest BCUT2D eigenvalue weighted by Gasteiger charge is -2.18. The highest BCUT2D eigenvalue weighted by Crippen LogP contribution is 2.22. The average molecular weight is 270 g/mol. The van der Waals surface area contributed by atoms with Crippen molar-refractivity contribution in [3.8, 4) is 0 Å². The summed E-state index contributed by atoms with van der Waals surface area (Å²) >= 11 is 0. The van der Waals surface area contributed by atoms with E-state index in [0.717, 1.165) is 19.4 Å². The van der Waals surface area contributed by atoms with Gasteiger partial charge in [-0.25, -0.2) is 0 Å². The van der Waals surface area contributed by atoms with Gasteiger partial charge in [0.25, 0.3) is 0 Å². The van der Waals surface area contributed by atoms with Crippen molar-refractivity contribution in [3.05, 3.63) is 0 Å². The zero-order chi connectivity index (χ0) is 14.9. The Morgan fingerprint density at radius 3 is 2.00 bits per heavy atom. The molecular formula is C17H34O2. The highest BCUT2D eigenvalue weighted by atomic mass is 16.5.